The number of aliphatic carboxylic acids is 1. The van der Waals surface area contributed by atoms with Crippen molar-refractivity contribution in [1.82, 2.24) is 10.2 Å². The summed E-state index contributed by atoms with van der Waals surface area (Å²) in [5, 5.41) is 11.3. The standard InChI is InChI=1S/C11H17F3N2O3/c1-16(6-11(12,13)14)10(19)15-8-4-2-7(3-5-8)9(17)18/h7-8H,2-6H2,1H3,(H,15,19)(H,17,18). The summed E-state index contributed by atoms with van der Waals surface area (Å²) in [5.41, 5.74) is 0. The van der Waals surface area contributed by atoms with Crippen molar-refractivity contribution in [3.63, 3.8) is 0 Å². The van der Waals surface area contributed by atoms with Crippen LogP contribution >= 0.6 is 0 Å². The molecule has 1 aliphatic rings. The summed E-state index contributed by atoms with van der Waals surface area (Å²) in [5.74, 6) is -1.28. The zero-order valence-electron chi connectivity index (χ0n) is 10.5. The molecule has 0 atom stereocenters. The van der Waals surface area contributed by atoms with E-state index in [1.54, 1.807) is 0 Å². The zero-order chi connectivity index (χ0) is 14.6. The van der Waals surface area contributed by atoms with Gasteiger partial charge < -0.3 is 15.3 Å². The number of nitrogens with one attached hydrogen (secondary N) is 1. The third-order valence-electron chi connectivity index (χ3n) is 3.17. The fourth-order valence-electron chi connectivity index (χ4n) is 2.11. The van der Waals surface area contributed by atoms with E-state index in [4.69, 9.17) is 5.11 Å². The smallest absolute Gasteiger partial charge is 0.406 e. The van der Waals surface area contributed by atoms with E-state index in [0.29, 0.717) is 30.6 Å². The number of alkyl halides is 3. The molecule has 5 nitrogen and oxygen atoms in total. The van der Waals surface area contributed by atoms with E-state index < -0.39 is 30.6 Å². The van der Waals surface area contributed by atoms with Crippen molar-refractivity contribution in [2.45, 2.75) is 37.9 Å². The maximum absolute atomic E-state index is 12.1. The minimum absolute atomic E-state index is 0.251. The number of amides is 2. The molecule has 0 aliphatic heterocycles. The van der Waals surface area contributed by atoms with E-state index in [1.165, 1.54) is 0 Å². The minimum atomic E-state index is -4.42. The second-order valence-electron chi connectivity index (χ2n) is 4.81. The summed E-state index contributed by atoms with van der Waals surface area (Å²) in [4.78, 5) is 22.8. The number of carboxylic acid groups (broad SMARTS) is 1. The maximum Gasteiger partial charge on any atom is 0.406 e. The zero-order valence-corrected chi connectivity index (χ0v) is 10.5. The molecule has 0 heterocycles. The van der Waals surface area contributed by atoms with Crippen LogP contribution in [0.2, 0.25) is 0 Å². The van der Waals surface area contributed by atoms with Crippen molar-refractivity contribution in [2.24, 2.45) is 5.92 Å². The number of hydrogen-bond acceptors (Lipinski definition) is 2. The molecule has 19 heavy (non-hydrogen) atoms. The van der Waals surface area contributed by atoms with Gasteiger partial charge >= 0.3 is 18.2 Å². The van der Waals surface area contributed by atoms with Gasteiger partial charge in [-0.05, 0) is 25.7 Å². The predicted molar refractivity (Wildman–Crippen MR) is 60.6 cm³/mol. The average Bonchev–Trinajstić information content (AvgIpc) is 2.27. The van der Waals surface area contributed by atoms with Gasteiger partial charge in [0.1, 0.15) is 6.54 Å². The molecule has 1 aliphatic carbocycles. The third-order valence-corrected chi connectivity index (χ3v) is 3.17. The van der Waals surface area contributed by atoms with Gasteiger partial charge in [-0.15, -0.1) is 0 Å². The Morgan fingerprint density at radius 1 is 1.26 bits per heavy atom. The third kappa shape index (κ3) is 5.35. The van der Waals surface area contributed by atoms with Gasteiger partial charge in [0.25, 0.3) is 0 Å². The Bertz CT molecular complexity index is 339. The average molecular weight is 282 g/mol. The Hall–Kier alpha value is -1.47. The summed E-state index contributed by atoms with van der Waals surface area (Å²) in [6.07, 6.45) is -2.61. The number of nitrogens with zero attached hydrogens (tertiary/aromatic N) is 1. The second kappa shape index (κ2) is 6.12. The van der Waals surface area contributed by atoms with Crippen LogP contribution in [0.5, 0.6) is 0 Å². The molecule has 0 unspecified atom stereocenters. The monoisotopic (exact) mass is 282 g/mol. The van der Waals surface area contributed by atoms with Crippen LogP contribution in [-0.2, 0) is 4.79 Å². The minimum Gasteiger partial charge on any atom is -0.481 e. The van der Waals surface area contributed by atoms with Crippen LogP contribution in [0.15, 0.2) is 0 Å². The van der Waals surface area contributed by atoms with Gasteiger partial charge in [0.2, 0.25) is 0 Å². The number of carbonyl (C=O) groups is 2. The first-order chi connectivity index (χ1) is 8.69. The van der Waals surface area contributed by atoms with E-state index in [0.717, 1.165) is 7.05 Å². The van der Waals surface area contributed by atoms with E-state index in [2.05, 4.69) is 5.32 Å². The molecule has 0 spiro atoms. The highest BCUT2D eigenvalue weighted by Crippen LogP contribution is 2.24. The Balaban J connectivity index is 2.36. The Morgan fingerprint density at radius 2 is 1.79 bits per heavy atom. The number of hydrogen-bond donors (Lipinski definition) is 2. The van der Waals surface area contributed by atoms with Crippen LogP contribution in [0.4, 0.5) is 18.0 Å². The fourth-order valence-corrected chi connectivity index (χ4v) is 2.11. The molecule has 1 saturated carbocycles. The molecule has 0 saturated heterocycles. The van der Waals surface area contributed by atoms with Crippen molar-refractivity contribution in [2.75, 3.05) is 13.6 Å². The first kappa shape index (κ1) is 15.6. The lowest BCUT2D eigenvalue weighted by molar-refractivity contribution is -0.143. The molecule has 1 fully saturated rings. The molecule has 8 heteroatoms. The Labute approximate surface area is 108 Å². The SMILES string of the molecule is CN(CC(F)(F)F)C(=O)NC1CCC(C(=O)O)CC1. The van der Waals surface area contributed by atoms with Gasteiger partial charge in [0, 0.05) is 13.1 Å². The first-order valence-electron chi connectivity index (χ1n) is 6.00. The first-order valence-corrected chi connectivity index (χ1v) is 6.00. The lowest BCUT2D eigenvalue weighted by Crippen LogP contribution is -2.47. The number of halogens is 3. The van der Waals surface area contributed by atoms with Crippen molar-refractivity contribution >= 4 is 12.0 Å². The van der Waals surface area contributed by atoms with Gasteiger partial charge in [-0.25, -0.2) is 4.79 Å². The van der Waals surface area contributed by atoms with Crippen LogP contribution < -0.4 is 5.32 Å². The number of carbonyl (C=O) groups excluding carboxylic acids is 1. The number of urea groups is 1. The summed E-state index contributed by atoms with van der Waals surface area (Å²) in [7, 11) is 1.08. The molecule has 110 valence electrons. The Morgan fingerprint density at radius 3 is 2.21 bits per heavy atom. The van der Waals surface area contributed by atoms with Crippen LogP contribution in [-0.4, -0.2) is 47.8 Å². The van der Waals surface area contributed by atoms with E-state index in [-0.39, 0.29) is 6.04 Å². The Kier molecular flexibility index (Phi) is 5.02. The predicted octanol–water partition coefficient (Wildman–Crippen LogP) is 1.83. The second-order valence-corrected chi connectivity index (χ2v) is 4.81. The van der Waals surface area contributed by atoms with Gasteiger partial charge in [-0.2, -0.15) is 13.2 Å². The van der Waals surface area contributed by atoms with Gasteiger partial charge in [-0.1, -0.05) is 0 Å². The maximum atomic E-state index is 12.1. The molecule has 1 rings (SSSR count). The van der Waals surface area contributed by atoms with Crippen LogP contribution in [0, 0.1) is 5.92 Å². The van der Waals surface area contributed by atoms with Gasteiger partial charge in [0.05, 0.1) is 5.92 Å². The van der Waals surface area contributed by atoms with Crippen LogP contribution in [0.1, 0.15) is 25.7 Å². The molecule has 0 aromatic heterocycles. The van der Waals surface area contributed by atoms with Crippen LogP contribution in [0.25, 0.3) is 0 Å². The van der Waals surface area contributed by atoms with E-state index in [9.17, 15) is 22.8 Å². The van der Waals surface area contributed by atoms with E-state index in [1.807, 2.05) is 0 Å². The van der Waals surface area contributed by atoms with Crippen molar-refractivity contribution in [3.8, 4) is 0 Å². The summed E-state index contributed by atoms with van der Waals surface area (Å²) in [6, 6.07) is -1.03. The van der Waals surface area contributed by atoms with Gasteiger partial charge in [-0.3, -0.25) is 4.79 Å². The molecule has 0 bridgehead atoms. The largest absolute Gasteiger partial charge is 0.481 e. The fraction of sp³-hybridized carbons (Fsp3) is 0.818. The van der Waals surface area contributed by atoms with Crippen molar-refractivity contribution in [3.05, 3.63) is 0 Å². The number of rotatable bonds is 3. The number of carboxylic acids is 1. The molecular weight excluding hydrogens is 265 g/mol. The molecule has 2 N–H and O–H groups in total. The van der Waals surface area contributed by atoms with Crippen LogP contribution in [0.3, 0.4) is 0 Å². The summed E-state index contributed by atoms with van der Waals surface area (Å²) in [6.45, 7) is -1.30. The highest BCUT2D eigenvalue weighted by atomic mass is 19.4. The molecular formula is C11H17F3N2O3. The summed E-state index contributed by atoms with van der Waals surface area (Å²) < 4.78 is 36.3. The highest BCUT2D eigenvalue weighted by Gasteiger charge is 2.32. The highest BCUT2D eigenvalue weighted by molar-refractivity contribution is 5.74. The quantitative estimate of drug-likeness (QED) is 0.829. The molecule has 2 amide bonds. The molecule has 0 radical (unpaired) electrons. The molecule has 0 aromatic rings. The lowest BCUT2D eigenvalue weighted by Gasteiger charge is -2.29. The molecule has 0 aromatic carbocycles. The van der Waals surface area contributed by atoms with Crippen molar-refractivity contribution in [1.29, 1.82) is 0 Å². The van der Waals surface area contributed by atoms with E-state index >= 15 is 0 Å². The lowest BCUT2D eigenvalue weighted by atomic mass is 9.86. The van der Waals surface area contributed by atoms with Crippen molar-refractivity contribution < 1.29 is 27.9 Å². The normalized spacial score (nSPS) is 23.8. The summed E-state index contributed by atoms with van der Waals surface area (Å²) >= 11 is 0. The topological polar surface area (TPSA) is 69.6 Å². The van der Waals surface area contributed by atoms with Gasteiger partial charge in [0.15, 0.2) is 0 Å².